The fraction of sp³-hybridized carbons (Fsp3) is 0.318. The Hall–Kier alpha value is -3.13. The normalized spacial score (nSPS) is 13.3. The van der Waals surface area contributed by atoms with Crippen LogP contribution in [0.1, 0.15) is 28.9 Å². The second-order valence-electron chi connectivity index (χ2n) is 6.97. The summed E-state index contributed by atoms with van der Waals surface area (Å²) in [4.78, 5) is 23.9. The SMILES string of the molecule is COc1cccc(CNC(=O)c2csc(-c3ccc(N4CCCC4)nc3)n2)c1OC. The van der Waals surface area contributed by atoms with Crippen LogP contribution in [0.3, 0.4) is 0 Å². The number of ether oxygens (including phenoxy) is 2. The van der Waals surface area contributed by atoms with Crippen molar-refractivity contribution in [2.75, 3.05) is 32.2 Å². The minimum Gasteiger partial charge on any atom is -0.493 e. The second kappa shape index (κ2) is 9.13. The highest BCUT2D eigenvalue weighted by Gasteiger charge is 2.16. The Morgan fingerprint density at radius 1 is 1.17 bits per heavy atom. The number of nitrogens with one attached hydrogen (secondary N) is 1. The lowest BCUT2D eigenvalue weighted by molar-refractivity contribution is 0.0946. The Morgan fingerprint density at radius 3 is 2.70 bits per heavy atom. The van der Waals surface area contributed by atoms with E-state index in [1.165, 1.54) is 24.2 Å². The van der Waals surface area contributed by atoms with E-state index in [0.717, 1.165) is 35.0 Å². The summed E-state index contributed by atoms with van der Waals surface area (Å²) in [5.41, 5.74) is 2.14. The van der Waals surface area contributed by atoms with E-state index in [0.29, 0.717) is 23.7 Å². The number of pyridine rings is 1. The van der Waals surface area contributed by atoms with Gasteiger partial charge in [-0.15, -0.1) is 11.3 Å². The maximum absolute atomic E-state index is 12.6. The van der Waals surface area contributed by atoms with Gasteiger partial charge in [0.15, 0.2) is 11.5 Å². The highest BCUT2D eigenvalue weighted by Crippen LogP contribution is 2.30. The molecule has 7 nitrogen and oxygen atoms in total. The van der Waals surface area contributed by atoms with Gasteiger partial charge in [-0.2, -0.15) is 0 Å². The van der Waals surface area contributed by atoms with Crippen molar-refractivity contribution < 1.29 is 14.3 Å². The number of thiazole rings is 1. The number of amides is 1. The summed E-state index contributed by atoms with van der Waals surface area (Å²) < 4.78 is 10.7. The van der Waals surface area contributed by atoms with Crippen LogP contribution in [0, 0.1) is 0 Å². The van der Waals surface area contributed by atoms with E-state index in [-0.39, 0.29) is 5.91 Å². The van der Waals surface area contributed by atoms with Crippen LogP contribution in [0.5, 0.6) is 11.5 Å². The predicted molar refractivity (Wildman–Crippen MR) is 118 cm³/mol. The molecule has 0 radical (unpaired) electrons. The Labute approximate surface area is 179 Å². The lowest BCUT2D eigenvalue weighted by atomic mass is 10.2. The smallest absolute Gasteiger partial charge is 0.271 e. The average molecular weight is 425 g/mol. The Bertz CT molecular complexity index is 1010. The zero-order chi connectivity index (χ0) is 20.9. The summed E-state index contributed by atoms with van der Waals surface area (Å²) in [6, 6.07) is 9.61. The molecule has 1 N–H and O–H groups in total. The molecule has 8 heteroatoms. The fourth-order valence-corrected chi connectivity index (χ4v) is 4.31. The number of carbonyl (C=O) groups is 1. The van der Waals surface area contributed by atoms with E-state index >= 15 is 0 Å². The molecule has 0 saturated carbocycles. The van der Waals surface area contributed by atoms with Gasteiger partial charge in [0.2, 0.25) is 0 Å². The lowest BCUT2D eigenvalue weighted by Gasteiger charge is -2.15. The summed E-state index contributed by atoms with van der Waals surface area (Å²) in [6.45, 7) is 2.44. The van der Waals surface area contributed by atoms with Gasteiger partial charge in [0, 0.05) is 42.3 Å². The number of anilines is 1. The topological polar surface area (TPSA) is 76.6 Å². The van der Waals surface area contributed by atoms with Gasteiger partial charge in [0.05, 0.1) is 14.2 Å². The molecule has 30 heavy (non-hydrogen) atoms. The molecule has 1 aliphatic rings. The third-order valence-electron chi connectivity index (χ3n) is 5.09. The van der Waals surface area contributed by atoms with Crippen molar-refractivity contribution in [1.82, 2.24) is 15.3 Å². The van der Waals surface area contributed by atoms with Crippen molar-refractivity contribution >= 4 is 23.1 Å². The fourth-order valence-electron chi connectivity index (χ4n) is 3.52. The third kappa shape index (κ3) is 4.23. The Balaban J connectivity index is 1.42. The quantitative estimate of drug-likeness (QED) is 0.623. The molecule has 1 fully saturated rings. The Morgan fingerprint density at radius 2 is 2.00 bits per heavy atom. The zero-order valence-corrected chi connectivity index (χ0v) is 17.9. The highest BCUT2D eigenvalue weighted by molar-refractivity contribution is 7.13. The maximum atomic E-state index is 12.6. The van der Waals surface area contributed by atoms with E-state index in [9.17, 15) is 4.79 Å². The van der Waals surface area contributed by atoms with E-state index in [2.05, 4.69) is 20.2 Å². The molecule has 0 unspecified atom stereocenters. The minimum absolute atomic E-state index is 0.232. The summed E-state index contributed by atoms with van der Waals surface area (Å²) >= 11 is 1.43. The molecule has 4 rings (SSSR count). The van der Waals surface area contributed by atoms with Crippen LogP contribution in [0.2, 0.25) is 0 Å². The van der Waals surface area contributed by atoms with Gasteiger partial charge < -0.3 is 19.7 Å². The number of hydrogen-bond acceptors (Lipinski definition) is 7. The third-order valence-corrected chi connectivity index (χ3v) is 5.98. The van der Waals surface area contributed by atoms with Crippen LogP contribution in [0.15, 0.2) is 41.9 Å². The van der Waals surface area contributed by atoms with Crippen molar-refractivity contribution in [2.24, 2.45) is 0 Å². The van der Waals surface area contributed by atoms with Crippen LogP contribution in [-0.2, 0) is 6.54 Å². The number of benzene rings is 1. The monoisotopic (exact) mass is 424 g/mol. The summed E-state index contributed by atoms with van der Waals surface area (Å²) in [5, 5.41) is 5.44. The molecule has 1 aliphatic heterocycles. The number of hydrogen-bond donors (Lipinski definition) is 1. The molecule has 3 aromatic rings. The maximum Gasteiger partial charge on any atom is 0.271 e. The number of nitrogens with zero attached hydrogens (tertiary/aromatic N) is 3. The summed E-state index contributed by atoms with van der Waals surface area (Å²) in [7, 11) is 3.17. The first-order valence-electron chi connectivity index (χ1n) is 9.84. The molecule has 3 heterocycles. The van der Waals surface area contributed by atoms with Crippen molar-refractivity contribution in [3.8, 4) is 22.1 Å². The summed E-state index contributed by atoms with van der Waals surface area (Å²) in [5.74, 6) is 2.01. The van der Waals surface area contributed by atoms with Crippen LogP contribution in [0.4, 0.5) is 5.82 Å². The van der Waals surface area contributed by atoms with Crippen molar-refractivity contribution in [3.05, 3.63) is 53.2 Å². The molecular weight excluding hydrogens is 400 g/mol. The van der Waals surface area contributed by atoms with Crippen molar-refractivity contribution in [2.45, 2.75) is 19.4 Å². The average Bonchev–Trinajstić information content (AvgIpc) is 3.49. The van der Waals surface area contributed by atoms with Gasteiger partial charge in [0.25, 0.3) is 5.91 Å². The van der Waals surface area contributed by atoms with E-state index in [1.807, 2.05) is 36.5 Å². The molecule has 1 amide bonds. The molecule has 0 aliphatic carbocycles. The van der Waals surface area contributed by atoms with Crippen molar-refractivity contribution in [3.63, 3.8) is 0 Å². The van der Waals surface area contributed by atoms with E-state index in [4.69, 9.17) is 9.47 Å². The molecule has 1 saturated heterocycles. The standard InChI is InChI=1S/C22H24N4O3S/c1-28-18-7-5-6-15(20(18)29-2)12-24-21(27)17-14-30-22(25-17)16-8-9-19(23-13-16)26-10-3-4-11-26/h5-9,13-14H,3-4,10-12H2,1-2H3,(H,24,27). The molecule has 0 bridgehead atoms. The largest absolute Gasteiger partial charge is 0.493 e. The first-order valence-corrected chi connectivity index (χ1v) is 10.7. The molecular formula is C22H24N4O3S. The Kier molecular flexibility index (Phi) is 6.13. The van der Waals surface area contributed by atoms with Gasteiger partial charge in [-0.05, 0) is 31.0 Å². The van der Waals surface area contributed by atoms with Gasteiger partial charge in [-0.25, -0.2) is 9.97 Å². The van der Waals surface area contributed by atoms with Gasteiger partial charge in [0.1, 0.15) is 16.5 Å². The van der Waals surface area contributed by atoms with Crippen LogP contribution in [-0.4, -0.2) is 43.2 Å². The first kappa shape index (κ1) is 20.2. The number of methoxy groups -OCH3 is 2. The summed E-state index contributed by atoms with van der Waals surface area (Å²) in [6.07, 6.45) is 4.27. The van der Waals surface area contributed by atoms with Crippen molar-refractivity contribution in [1.29, 1.82) is 0 Å². The minimum atomic E-state index is -0.232. The predicted octanol–water partition coefficient (Wildman–Crippen LogP) is 3.75. The van der Waals surface area contributed by atoms with Crippen LogP contribution in [0.25, 0.3) is 10.6 Å². The van der Waals surface area contributed by atoms with Crippen LogP contribution >= 0.6 is 11.3 Å². The number of aromatic nitrogens is 2. The van der Waals surface area contributed by atoms with Gasteiger partial charge >= 0.3 is 0 Å². The van der Waals surface area contributed by atoms with E-state index < -0.39 is 0 Å². The molecule has 0 atom stereocenters. The van der Waals surface area contributed by atoms with Gasteiger partial charge in [-0.3, -0.25) is 4.79 Å². The lowest BCUT2D eigenvalue weighted by Crippen LogP contribution is -2.23. The number of carbonyl (C=O) groups excluding carboxylic acids is 1. The number of para-hydroxylation sites is 1. The number of rotatable bonds is 7. The molecule has 2 aromatic heterocycles. The molecule has 0 spiro atoms. The zero-order valence-electron chi connectivity index (χ0n) is 17.1. The van der Waals surface area contributed by atoms with E-state index in [1.54, 1.807) is 19.6 Å². The highest BCUT2D eigenvalue weighted by atomic mass is 32.1. The molecule has 1 aromatic carbocycles. The van der Waals surface area contributed by atoms with Gasteiger partial charge in [-0.1, -0.05) is 12.1 Å². The van der Waals surface area contributed by atoms with Crippen LogP contribution < -0.4 is 19.7 Å². The molecule has 156 valence electrons. The first-order chi connectivity index (χ1) is 14.7. The second-order valence-corrected chi connectivity index (χ2v) is 7.83.